The number of urea groups is 1. The maximum atomic E-state index is 12.7. The molecular weight excluding hydrogens is 364 g/mol. The molecule has 1 aromatic carbocycles. The Kier molecular flexibility index (Phi) is 5.08. The van der Waals surface area contributed by atoms with Crippen molar-refractivity contribution in [3.8, 4) is 5.69 Å². The number of carboxylic acid groups (broad SMARTS) is 1. The number of hydrogen-bond donors (Lipinski definition) is 2. The van der Waals surface area contributed by atoms with Crippen LogP contribution in [0.4, 0.5) is 10.5 Å². The number of nitrogens with zero attached hydrogens (tertiary/aromatic N) is 3. The third kappa shape index (κ3) is 3.68. The lowest BCUT2D eigenvalue weighted by Gasteiger charge is -2.21. The summed E-state index contributed by atoms with van der Waals surface area (Å²) >= 11 is 0. The van der Waals surface area contributed by atoms with Crippen LogP contribution in [-0.4, -0.2) is 58.0 Å². The van der Waals surface area contributed by atoms with Crippen molar-refractivity contribution in [2.24, 2.45) is 5.41 Å². The molecule has 1 aliphatic heterocycles. The first kappa shape index (κ1) is 19.4. The number of esters is 1. The largest absolute Gasteiger partial charge is 0.481 e. The van der Waals surface area contributed by atoms with Crippen molar-refractivity contribution in [2.75, 3.05) is 25.5 Å². The lowest BCUT2D eigenvalue weighted by atomic mass is 9.90. The summed E-state index contributed by atoms with van der Waals surface area (Å²) in [6, 6.07) is 4.34. The van der Waals surface area contributed by atoms with Crippen LogP contribution in [0.2, 0.25) is 0 Å². The van der Waals surface area contributed by atoms with Gasteiger partial charge in [0.05, 0.1) is 35.7 Å². The summed E-state index contributed by atoms with van der Waals surface area (Å²) in [6.45, 7) is 3.96. The quantitative estimate of drug-likeness (QED) is 0.780. The fraction of sp³-hybridized carbons (Fsp3) is 0.368. The van der Waals surface area contributed by atoms with E-state index in [0.29, 0.717) is 24.3 Å². The van der Waals surface area contributed by atoms with Gasteiger partial charge >= 0.3 is 18.0 Å². The normalized spacial score (nSPS) is 18.8. The fourth-order valence-corrected chi connectivity index (χ4v) is 3.13. The number of anilines is 1. The van der Waals surface area contributed by atoms with E-state index >= 15 is 0 Å². The van der Waals surface area contributed by atoms with Gasteiger partial charge in [0.25, 0.3) is 0 Å². The topological polar surface area (TPSA) is 114 Å². The standard InChI is InChI=1S/C19H22N4O5/c1-12-9-20-23(10-12)15-5-4-13(16(24)28-3)8-14(15)21-18(27)22-7-6-19(2,11-22)17(25)26/h4-5,8-10H,6-7,11H2,1-3H3,(H,21,27)(H,25,26). The Morgan fingerprint density at radius 3 is 2.64 bits per heavy atom. The van der Waals surface area contributed by atoms with E-state index in [2.05, 4.69) is 10.4 Å². The number of aromatic nitrogens is 2. The minimum Gasteiger partial charge on any atom is -0.481 e. The van der Waals surface area contributed by atoms with Crippen LogP contribution in [0.15, 0.2) is 30.6 Å². The minimum atomic E-state index is -0.965. The highest BCUT2D eigenvalue weighted by Crippen LogP contribution is 2.31. The van der Waals surface area contributed by atoms with Crippen molar-refractivity contribution in [3.05, 3.63) is 41.7 Å². The number of nitrogens with one attached hydrogen (secondary N) is 1. The van der Waals surface area contributed by atoms with Crippen molar-refractivity contribution in [3.63, 3.8) is 0 Å². The molecule has 28 heavy (non-hydrogen) atoms. The van der Waals surface area contributed by atoms with E-state index in [1.807, 2.05) is 6.92 Å². The number of hydrogen-bond acceptors (Lipinski definition) is 5. The summed E-state index contributed by atoms with van der Waals surface area (Å²) in [6.07, 6.45) is 3.85. The number of rotatable bonds is 4. The number of carbonyl (C=O) groups excluding carboxylic acids is 2. The van der Waals surface area contributed by atoms with Crippen molar-refractivity contribution >= 4 is 23.7 Å². The summed E-state index contributed by atoms with van der Waals surface area (Å²) in [5, 5.41) is 16.4. The number of likely N-dealkylation sites (tertiary alicyclic amines) is 1. The minimum absolute atomic E-state index is 0.112. The smallest absolute Gasteiger partial charge is 0.337 e. The van der Waals surface area contributed by atoms with Crippen LogP contribution in [0.5, 0.6) is 0 Å². The van der Waals surface area contributed by atoms with E-state index in [0.717, 1.165) is 5.56 Å². The molecule has 2 amide bonds. The van der Waals surface area contributed by atoms with Crippen LogP contribution in [0.1, 0.15) is 29.3 Å². The van der Waals surface area contributed by atoms with Crippen LogP contribution in [0.25, 0.3) is 5.69 Å². The van der Waals surface area contributed by atoms with Gasteiger partial charge in [-0.15, -0.1) is 0 Å². The highest BCUT2D eigenvalue weighted by molar-refractivity contribution is 5.96. The van der Waals surface area contributed by atoms with Gasteiger partial charge in [0.15, 0.2) is 0 Å². The summed E-state index contributed by atoms with van der Waals surface area (Å²) in [5.41, 5.74) is 1.20. The number of carboxylic acids is 1. The molecule has 0 bridgehead atoms. The Hall–Kier alpha value is -3.36. The lowest BCUT2D eigenvalue weighted by Crippen LogP contribution is -2.37. The van der Waals surface area contributed by atoms with Gasteiger partial charge in [0.2, 0.25) is 0 Å². The molecule has 9 nitrogen and oxygen atoms in total. The molecule has 2 N–H and O–H groups in total. The first-order valence-corrected chi connectivity index (χ1v) is 8.77. The van der Waals surface area contributed by atoms with Crippen LogP contribution in [-0.2, 0) is 9.53 Å². The molecule has 9 heteroatoms. The van der Waals surface area contributed by atoms with Crippen LogP contribution in [0.3, 0.4) is 0 Å². The monoisotopic (exact) mass is 386 g/mol. The average Bonchev–Trinajstić information content (AvgIpc) is 3.28. The van der Waals surface area contributed by atoms with Crippen LogP contribution in [0, 0.1) is 12.3 Å². The first-order chi connectivity index (χ1) is 13.2. The predicted molar refractivity (Wildman–Crippen MR) is 101 cm³/mol. The Labute approximate surface area is 161 Å². The summed E-state index contributed by atoms with van der Waals surface area (Å²) in [7, 11) is 1.28. The van der Waals surface area contributed by atoms with E-state index < -0.39 is 23.4 Å². The number of benzene rings is 1. The lowest BCUT2D eigenvalue weighted by molar-refractivity contribution is -0.146. The second-order valence-electron chi connectivity index (χ2n) is 7.15. The van der Waals surface area contributed by atoms with Crippen molar-refractivity contribution in [2.45, 2.75) is 20.3 Å². The molecule has 1 aromatic heterocycles. The van der Waals surface area contributed by atoms with Gasteiger partial charge in [-0.05, 0) is 44.0 Å². The summed E-state index contributed by atoms with van der Waals surface area (Å²) in [4.78, 5) is 37.5. The second kappa shape index (κ2) is 7.34. The molecule has 0 aliphatic carbocycles. The molecule has 3 rings (SSSR count). The van der Waals surface area contributed by atoms with Gasteiger partial charge in [0, 0.05) is 19.3 Å². The molecular formula is C19H22N4O5. The average molecular weight is 386 g/mol. The Balaban J connectivity index is 1.89. The molecule has 1 atom stereocenters. The zero-order valence-corrected chi connectivity index (χ0v) is 15.9. The van der Waals surface area contributed by atoms with E-state index in [1.165, 1.54) is 18.1 Å². The molecule has 2 heterocycles. The molecule has 1 aliphatic rings. The predicted octanol–water partition coefficient (Wildman–Crippen LogP) is 2.30. The molecule has 2 aromatic rings. The van der Waals surface area contributed by atoms with Gasteiger partial charge in [-0.1, -0.05) is 0 Å². The van der Waals surface area contributed by atoms with Crippen molar-refractivity contribution in [1.29, 1.82) is 0 Å². The van der Waals surface area contributed by atoms with Crippen LogP contribution < -0.4 is 5.32 Å². The van der Waals surface area contributed by atoms with E-state index in [9.17, 15) is 19.5 Å². The molecule has 0 saturated carbocycles. The van der Waals surface area contributed by atoms with Gasteiger partial charge in [0.1, 0.15) is 0 Å². The Bertz CT molecular complexity index is 938. The maximum Gasteiger partial charge on any atom is 0.337 e. The first-order valence-electron chi connectivity index (χ1n) is 8.77. The molecule has 148 valence electrons. The highest BCUT2D eigenvalue weighted by Gasteiger charge is 2.42. The summed E-state index contributed by atoms with van der Waals surface area (Å²) < 4.78 is 6.34. The number of methoxy groups -OCH3 is 1. The summed E-state index contributed by atoms with van der Waals surface area (Å²) in [5.74, 6) is -1.46. The number of carbonyl (C=O) groups is 3. The number of aliphatic carboxylic acids is 1. The van der Waals surface area contributed by atoms with E-state index in [1.54, 1.807) is 36.1 Å². The molecule has 1 saturated heterocycles. The van der Waals surface area contributed by atoms with Crippen molar-refractivity contribution in [1.82, 2.24) is 14.7 Å². The van der Waals surface area contributed by atoms with Crippen molar-refractivity contribution < 1.29 is 24.2 Å². The Morgan fingerprint density at radius 1 is 1.32 bits per heavy atom. The fourth-order valence-electron chi connectivity index (χ4n) is 3.13. The zero-order chi connectivity index (χ0) is 20.5. The van der Waals surface area contributed by atoms with Gasteiger partial charge in [-0.2, -0.15) is 5.10 Å². The van der Waals surface area contributed by atoms with Gasteiger partial charge in [-0.25, -0.2) is 14.3 Å². The number of aryl methyl sites for hydroxylation is 1. The maximum absolute atomic E-state index is 12.7. The number of amides is 2. The van der Waals surface area contributed by atoms with Gasteiger partial charge < -0.3 is 20.1 Å². The van der Waals surface area contributed by atoms with E-state index in [4.69, 9.17) is 4.74 Å². The zero-order valence-electron chi connectivity index (χ0n) is 15.9. The number of ether oxygens (including phenoxy) is 1. The molecule has 1 fully saturated rings. The molecule has 0 radical (unpaired) electrons. The molecule has 0 spiro atoms. The third-order valence-electron chi connectivity index (χ3n) is 4.89. The third-order valence-corrected chi connectivity index (χ3v) is 4.89. The SMILES string of the molecule is COC(=O)c1ccc(-n2cc(C)cn2)c(NC(=O)N2CCC(C)(C(=O)O)C2)c1. The van der Waals surface area contributed by atoms with E-state index in [-0.39, 0.29) is 12.1 Å². The highest BCUT2D eigenvalue weighted by atomic mass is 16.5. The van der Waals surface area contributed by atoms with Gasteiger partial charge in [-0.3, -0.25) is 4.79 Å². The Morgan fingerprint density at radius 2 is 2.07 bits per heavy atom. The second-order valence-corrected chi connectivity index (χ2v) is 7.15. The van der Waals surface area contributed by atoms with Crippen LogP contribution >= 0.6 is 0 Å². The molecule has 1 unspecified atom stereocenters.